The first kappa shape index (κ1) is 16.1. The number of anilines is 1. The van der Waals surface area contributed by atoms with Crippen molar-refractivity contribution in [3.05, 3.63) is 53.3 Å². The number of aromatic nitrogens is 2. The molecule has 2 aromatic rings. The second kappa shape index (κ2) is 6.47. The molecular weight excluding hydrogens is 312 g/mol. The van der Waals surface area contributed by atoms with Gasteiger partial charge in [0.15, 0.2) is 0 Å². The molecule has 0 radical (unpaired) electrons. The van der Waals surface area contributed by atoms with Crippen molar-refractivity contribution in [3.63, 3.8) is 0 Å². The van der Waals surface area contributed by atoms with E-state index < -0.39 is 0 Å². The third-order valence-corrected chi connectivity index (χ3v) is 5.65. The molecule has 1 amide bonds. The Morgan fingerprint density at radius 1 is 1.00 bits per heavy atom. The molecule has 2 fully saturated rings. The number of rotatable bonds is 3. The average molecular weight is 336 g/mol. The SMILES string of the molecule is Cc1cccc(C)c1CC(=O)N1C[C@@H]2CN(c3ncccn3)C[C@@H]2C1. The number of aryl methyl sites for hydroxylation is 2. The van der Waals surface area contributed by atoms with E-state index in [4.69, 9.17) is 0 Å². The van der Waals surface area contributed by atoms with Gasteiger partial charge >= 0.3 is 0 Å². The lowest BCUT2D eigenvalue weighted by molar-refractivity contribution is -0.129. The summed E-state index contributed by atoms with van der Waals surface area (Å²) >= 11 is 0. The second-order valence-corrected chi connectivity index (χ2v) is 7.32. The summed E-state index contributed by atoms with van der Waals surface area (Å²) in [6, 6.07) is 8.08. The van der Waals surface area contributed by atoms with Gasteiger partial charge < -0.3 is 9.80 Å². The number of likely N-dealkylation sites (tertiary alicyclic amines) is 1. The average Bonchev–Trinajstić information content (AvgIpc) is 3.18. The van der Waals surface area contributed by atoms with Crippen LogP contribution in [-0.4, -0.2) is 47.0 Å². The van der Waals surface area contributed by atoms with Gasteiger partial charge in [-0.3, -0.25) is 4.79 Å². The van der Waals surface area contributed by atoms with Gasteiger partial charge in [0.2, 0.25) is 11.9 Å². The summed E-state index contributed by atoms with van der Waals surface area (Å²) in [5, 5.41) is 0. The largest absolute Gasteiger partial charge is 0.342 e. The fourth-order valence-electron chi connectivity index (χ4n) is 4.21. The Labute approximate surface area is 148 Å². The summed E-state index contributed by atoms with van der Waals surface area (Å²) in [7, 11) is 0. The molecule has 0 bridgehead atoms. The van der Waals surface area contributed by atoms with Crippen LogP contribution in [-0.2, 0) is 11.2 Å². The fraction of sp³-hybridized carbons (Fsp3) is 0.450. The molecule has 0 aliphatic carbocycles. The maximum absolute atomic E-state index is 12.8. The van der Waals surface area contributed by atoms with Gasteiger partial charge in [-0.1, -0.05) is 18.2 Å². The van der Waals surface area contributed by atoms with Crippen molar-refractivity contribution in [3.8, 4) is 0 Å². The van der Waals surface area contributed by atoms with E-state index in [2.05, 4.69) is 51.8 Å². The van der Waals surface area contributed by atoms with E-state index in [1.807, 2.05) is 6.07 Å². The number of carbonyl (C=O) groups excluding carboxylic acids is 1. The van der Waals surface area contributed by atoms with E-state index in [0.717, 1.165) is 32.1 Å². The Hall–Kier alpha value is -2.43. The van der Waals surface area contributed by atoms with Crippen LogP contribution in [0.4, 0.5) is 5.95 Å². The van der Waals surface area contributed by atoms with Crippen LogP contribution in [0.5, 0.6) is 0 Å². The Bertz CT molecular complexity index is 742. The van der Waals surface area contributed by atoms with Gasteiger partial charge in [-0.25, -0.2) is 9.97 Å². The lowest BCUT2D eigenvalue weighted by atomic mass is 9.99. The Morgan fingerprint density at radius 2 is 1.60 bits per heavy atom. The lowest BCUT2D eigenvalue weighted by Gasteiger charge is -2.22. The molecule has 0 N–H and O–H groups in total. The predicted molar refractivity (Wildman–Crippen MR) is 97.4 cm³/mol. The molecule has 5 nitrogen and oxygen atoms in total. The summed E-state index contributed by atoms with van der Waals surface area (Å²) in [5.74, 6) is 2.14. The minimum absolute atomic E-state index is 0.259. The number of carbonyl (C=O) groups is 1. The molecule has 0 spiro atoms. The van der Waals surface area contributed by atoms with Crippen molar-refractivity contribution in [1.82, 2.24) is 14.9 Å². The highest BCUT2D eigenvalue weighted by Gasteiger charge is 2.42. The molecule has 2 aliphatic heterocycles. The standard InChI is InChI=1S/C20H24N4O/c1-14-5-3-6-15(2)18(14)9-19(25)23-10-16-12-24(13-17(16)11-23)20-21-7-4-8-22-20/h3-8,16-17H,9-13H2,1-2H3/t16-,17+. The van der Waals surface area contributed by atoms with Gasteiger partial charge in [-0.05, 0) is 36.6 Å². The van der Waals surface area contributed by atoms with Crippen molar-refractivity contribution in [2.45, 2.75) is 20.3 Å². The Balaban J connectivity index is 1.39. The second-order valence-electron chi connectivity index (χ2n) is 7.32. The van der Waals surface area contributed by atoms with E-state index in [1.54, 1.807) is 12.4 Å². The van der Waals surface area contributed by atoms with Crippen molar-refractivity contribution in [2.75, 3.05) is 31.1 Å². The van der Waals surface area contributed by atoms with Crippen LogP contribution in [0.2, 0.25) is 0 Å². The Kier molecular flexibility index (Phi) is 4.15. The zero-order valence-electron chi connectivity index (χ0n) is 14.9. The van der Waals surface area contributed by atoms with Crippen molar-refractivity contribution < 1.29 is 4.79 Å². The monoisotopic (exact) mass is 336 g/mol. The fourth-order valence-corrected chi connectivity index (χ4v) is 4.21. The number of hydrogen-bond acceptors (Lipinski definition) is 4. The van der Waals surface area contributed by atoms with Crippen LogP contribution in [0.1, 0.15) is 16.7 Å². The molecule has 1 aromatic heterocycles. The quantitative estimate of drug-likeness (QED) is 0.862. The van der Waals surface area contributed by atoms with Gasteiger partial charge in [0, 0.05) is 50.4 Å². The highest BCUT2D eigenvalue weighted by molar-refractivity contribution is 5.80. The van der Waals surface area contributed by atoms with Crippen LogP contribution < -0.4 is 4.90 Å². The van der Waals surface area contributed by atoms with Gasteiger partial charge in [-0.15, -0.1) is 0 Å². The van der Waals surface area contributed by atoms with Crippen LogP contribution in [0.15, 0.2) is 36.7 Å². The van der Waals surface area contributed by atoms with E-state index in [0.29, 0.717) is 18.3 Å². The molecule has 5 heteroatoms. The molecule has 2 aliphatic rings. The van der Waals surface area contributed by atoms with Gasteiger partial charge in [0.05, 0.1) is 6.42 Å². The highest BCUT2D eigenvalue weighted by atomic mass is 16.2. The summed E-state index contributed by atoms with van der Waals surface area (Å²) in [4.78, 5) is 25.8. The molecule has 25 heavy (non-hydrogen) atoms. The van der Waals surface area contributed by atoms with Gasteiger partial charge in [0.1, 0.15) is 0 Å². The summed E-state index contributed by atoms with van der Waals surface area (Å²) in [6.45, 7) is 7.79. The summed E-state index contributed by atoms with van der Waals surface area (Å²) in [6.07, 6.45) is 4.09. The van der Waals surface area contributed by atoms with E-state index in [9.17, 15) is 4.79 Å². The van der Waals surface area contributed by atoms with Gasteiger partial charge in [-0.2, -0.15) is 0 Å². The molecule has 1 aromatic carbocycles. The topological polar surface area (TPSA) is 49.3 Å². The lowest BCUT2D eigenvalue weighted by Crippen LogP contribution is -2.34. The summed E-state index contributed by atoms with van der Waals surface area (Å²) in [5.41, 5.74) is 3.60. The van der Waals surface area contributed by atoms with Crippen LogP contribution in [0.3, 0.4) is 0 Å². The number of fused-ring (bicyclic) bond motifs is 1. The molecule has 3 heterocycles. The minimum Gasteiger partial charge on any atom is -0.342 e. The van der Waals surface area contributed by atoms with Crippen molar-refractivity contribution >= 4 is 11.9 Å². The van der Waals surface area contributed by atoms with Crippen LogP contribution >= 0.6 is 0 Å². The first-order valence-corrected chi connectivity index (χ1v) is 8.96. The molecular formula is C20H24N4O. The molecule has 0 unspecified atom stereocenters. The molecule has 4 rings (SSSR count). The first-order chi connectivity index (χ1) is 12.1. The van der Waals surface area contributed by atoms with Crippen LogP contribution in [0.25, 0.3) is 0 Å². The summed E-state index contributed by atoms with van der Waals surface area (Å²) < 4.78 is 0. The number of hydrogen-bond donors (Lipinski definition) is 0. The normalized spacial score (nSPS) is 22.3. The maximum Gasteiger partial charge on any atom is 0.227 e. The van der Waals surface area contributed by atoms with Crippen molar-refractivity contribution in [1.29, 1.82) is 0 Å². The highest BCUT2D eigenvalue weighted by Crippen LogP contribution is 2.33. The molecule has 0 saturated carbocycles. The molecule has 2 saturated heterocycles. The van der Waals surface area contributed by atoms with E-state index in [-0.39, 0.29) is 5.91 Å². The van der Waals surface area contributed by atoms with Crippen molar-refractivity contribution in [2.24, 2.45) is 11.8 Å². The third-order valence-electron chi connectivity index (χ3n) is 5.65. The number of benzene rings is 1. The van der Waals surface area contributed by atoms with E-state index in [1.165, 1.54) is 16.7 Å². The first-order valence-electron chi connectivity index (χ1n) is 8.96. The number of amides is 1. The maximum atomic E-state index is 12.8. The molecule has 2 atom stereocenters. The van der Waals surface area contributed by atoms with Gasteiger partial charge in [0.25, 0.3) is 0 Å². The zero-order chi connectivity index (χ0) is 17.4. The van der Waals surface area contributed by atoms with Crippen LogP contribution in [0, 0.1) is 25.7 Å². The minimum atomic E-state index is 0.259. The third kappa shape index (κ3) is 3.11. The zero-order valence-corrected chi connectivity index (χ0v) is 14.9. The Morgan fingerprint density at radius 3 is 2.20 bits per heavy atom. The predicted octanol–water partition coefficient (Wildman–Crippen LogP) is 2.23. The smallest absolute Gasteiger partial charge is 0.227 e. The number of nitrogens with zero attached hydrogens (tertiary/aromatic N) is 4. The van der Waals surface area contributed by atoms with E-state index >= 15 is 0 Å². The molecule has 130 valence electrons.